The minimum absolute atomic E-state index is 0.0773. The van der Waals surface area contributed by atoms with Crippen molar-refractivity contribution < 1.29 is 13.5 Å². The molecule has 3 heterocycles. The maximum atomic E-state index is 13.9. The van der Waals surface area contributed by atoms with Crippen molar-refractivity contribution in [2.45, 2.75) is 31.4 Å². The van der Waals surface area contributed by atoms with Crippen LogP contribution in [0.25, 0.3) is 0 Å². The Bertz CT molecular complexity index is 777. The van der Waals surface area contributed by atoms with Crippen molar-refractivity contribution in [2.75, 3.05) is 23.3 Å². The Kier molecular flexibility index (Phi) is 4.11. The molecule has 132 valence electrons. The van der Waals surface area contributed by atoms with Crippen molar-refractivity contribution in [3.63, 3.8) is 0 Å². The molecule has 1 aromatic heterocycles. The van der Waals surface area contributed by atoms with Crippen LogP contribution < -0.4 is 15.0 Å². The summed E-state index contributed by atoms with van der Waals surface area (Å²) in [5.74, 6) is 0.736. The van der Waals surface area contributed by atoms with Gasteiger partial charge in [0.2, 0.25) is 0 Å². The molecule has 1 aromatic carbocycles. The van der Waals surface area contributed by atoms with Gasteiger partial charge in [-0.2, -0.15) is 0 Å². The van der Waals surface area contributed by atoms with E-state index < -0.39 is 12.0 Å². The molecule has 4 rings (SSSR count). The van der Waals surface area contributed by atoms with Gasteiger partial charge in [-0.15, -0.1) is 10.2 Å². The maximum Gasteiger partial charge on any atom is 0.263 e. The number of fused-ring (bicyclic) bond motifs is 3. The van der Waals surface area contributed by atoms with Crippen molar-refractivity contribution in [2.24, 2.45) is 0 Å². The van der Waals surface area contributed by atoms with Crippen LogP contribution >= 0.6 is 11.6 Å². The second-order valence-corrected chi connectivity index (χ2v) is 6.66. The molecule has 0 bridgehead atoms. The molecule has 0 aliphatic carbocycles. The number of ether oxygens (including phenoxy) is 1. The Hall–Kier alpha value is -2.15. The Labute approximate surface area is 148 Å². The number of halogens is 3. The molecule has 1 unspecified atom stereocenters. The van der Waals surface area contributed by atoms with Crippen molar-refractivity contribution in [1.82, 2.24) is 10.2 Å². The van der Waals surface area contributed by atoms with Gasteiger partial charge in [-0.05, 0) is 18.4 Å². The molecule has 5 nitrogen and oxygen atoms in total. The first-order valence-corrected chi connectivity index (χ1v) is 8.52. The van der Waals surface area contributed by atoms with Gasteiger partial charge < -0.3 is 15.0 Å². The first-order chi connectivity index (χ1) is 12.1. The molecule has 2 aromatic rings. The van der Waals surface area contributed by atoms with Gasteiger partial charge in [0, 0.05) is 13.1 Å². The molecule has 1 atom stereocenters. The molecule has 0 saturated carbocycles. The number of hydrogen-bond acceptors (Lipinski definition) is 5. The highest BCUT2D eigenvalue weighted by atomic mass is 35.5. The first-order valence-electron chi connectivity index (χ1n) is 8.14. The van der Waals surface area contributed by atoms with Gasteiger partial charge in [0.1, 0.15) is 17.8 Å². The minimum atomic E-state index is -2.48. The largest absolute Gasteiger partial charge is 0.483 e. The zero-order valence-electron chi connectivity index (χ0n) is 13.4. The lowest BCUT2D eigenvalue weighted by Gasteiger charge is -2.44. The van der Waals surface area contributed by atoms with E-state index in [1.807, 2.05) is 30.3 Å². The summed E-state index contributed by atoms with van der Waals surface area (Å²) in [6, 6.07) is 9.57. The Morgan fingerprint density at radius 2 is 2.08 bits per heavy atom. The van der Waals surface area contributed by atoms with E-state index in [1.54, 1.807) is 4.90 Å². The quantitative estimate of drug-likeness (QED) is 0.893. The van der Waals surface area contributed by atoms with Crippen LogP contribution in [-0.2, 0) is 6.61 Å². The zero-order valence-corrected chi connectivity index (χ0v) is 14.1. The lowest BCUT2D eigenvalue weighted by atomic mass is 9.94. The summed E-state index contributed by atoms with van der Waals surface area (Å²) in [7, 11) is 0. The third-order valence-corrected chi connectivity index (χ3v) is 5.10. The molecule has 1 saturated heterocycles. The van der Waals surface area contributed by atoms with Gasteiger partial charge >= 0.3 is 0 Å². The number of rotatable bonds is 4. The van der Waals surface area contributed by atoms with Crippen LogP contribution in [0.3, 0.4) is 0 Å². The molecule has 2 aliphatic rings. The molecule has 1 fully saturated rings. The van der Waals surface area contributed by atoms with E-state index in [1.165, 1.54) is 0 Å². The molecule has 0 radical (unpaired) electrons. The van der Waals surface area contributed by atoms with E-state index in [-0.39, 0.29) is 18.3 Å². The van der Waals surface area contributed by atoms with Gasteiger partial charge in [0.05, 0.1) is 0 Å². The molecule has 25 heavy (non-hydrogen) atoms. The van der Waals surface area contributed by atoms with Crippen LogP contribution in [0.15, 0.2) is 30.3 Å². The van der Waals surface area contributed by atoms with E-state index in [9.17, 15) is 8.78 Å². The minimum Gasteiger partial charge on any atom is -0.483 e. The van der Waals surface area contributed by atoms with E-state index in [2.05, 4.69) is 15.5 Å². The lowest BCUT2D eigenvalue weighted by molar-refractivity contribution is 0.0610. The van der Waals surface area contributed by atoms with Crippen LogP contribution in [0.5, 0.6) is 5.75 Å². The molecule has 0 amide bonds. The number of hydrogen-bond donors (Lipinski definition) is 1. The van der Waals surface area contributed by atoms with Gasteiger partial charge in [-0.3, -0.25) is 0 Å². The standard InChI is InChI=1S/C17H17ClF2N4O/c18-14-13(25-9-11-5-2-1-3-6-11)12-15(23-22-14)21-10-17(16(19)20)7-4-8-24(12)17/h1-3,5-6,16H,4,7-10H2,(H,21,23). The second-order valence-electron chi connectivity index (χ2n) is 6.30. The summed E-state index contributed by atoms with van der Waals surface area (Å²) in [4.78, 5) is 1.70. The fourth-order valence-electron chi connectivity index (χ4n) is 3.58. The molecule has 1 N–H and O–H groups in total. The fraction of sp³-hybridized carbons (Fsp3) is 0.412. The highest BCUT2D eigenvalue weighted by Gasteiger charge is 2.52. The lowest BCUT2D eigenvalue weighted by Crippen LogP contribution is -2.57. The smallest absolute Gasteiger partial charge is 0.263 e. The number of alkyl halides is 2. The summed E-state index contributed by atoms with van der Waals surface area (Å²) < 4.78 is 33.6. The number of nitrogens with zero attached hydrogens (tertiary/aromatic N) is 3. The van der Waals surface area contributed by atoms with Crippen molar-refractivity contribution in [3.8, 4) is 5.75 Å². The van der Waals surface area contributed by atoms with Gasteiger partial charge in [0.15, 0.2) is 16.7 Å². The van der Waals surface area contributed by atoms with Crippen molar-refractivity contribution >= 4 is 23.1 Å². The van der Waals surface area contributed by atoms with E-state index >= 15 is 0 Å². The third kappa shape index (κ3) is 2.66. The highest BCUT2D eigenvalue weighted by Crippen LogP contribution is 2.50. The average Bonchev–Trinajstić information content (AvgIpc) is 3.07. The summed E-state index contributed by atoms with van der Waals surface area (Å²) in [5.41, 5.74) is 0.193. The highest BCUT2D eigenvalue weighted by molar-refractivity contribution is 6.31. The summed E-state index contributed by atoms with van der Waals surface area (Å²) in [6.45, 7) is 0.920. The summed E-state index contributed by atoms with van der Waals surface area (Å²) >= 11 is 6.20. The van der Waals surface area contributed by atoms with Crippen LogP contribution in [0.2, 0.25) is 5.15 Å². The number of aromatic nitrogens is 2. The molecular weight excluding hydrogens is 350 g/mol. The van der Waals surface area contributed by atoms with E-state index in [0.29, 0.717) is 36.6 Å². The molecule has 8 heteroatoms. The number of nitrogens with one attached hydrogen (secondary N) is 1. The summed E-state index contributed by atoms with van der Waals surface area (Å²) in [5, 5.41) is 11.0. The van der Waals surface area contributed by atoms with Crippen molar-refractivity contribution in [3.05, 3.63) is 41.0 Å². The van der Waals surface area contributed by atoms with Crippen molar-refractivity contribution in [1.29, 1.82) is 0 Å². The maximum absolute atomic E-state index is 13.9. The topological polar surface area (TPSA) is 50.3 Å². The van der Waals surface area contributed by atoms with Crippen LogP contribution in [0.4, 0.5) is 20.3 Å². The Balaban J connectivity index is 1.72. The zero-order chi connectivity index (χ0) is 17.4. The number of anilines is 2. The van der Waals surface area contributed by atoms with Crippen LogP contribution in [-0.4, -0.2) is 35.3 Å². The normalized spacial score (nSPS) is 21.7. The third-order valence-electron chi connectivity index (χ3n) is 4.86. The predicted molar refractivity (Wildman–Crippen MR) is 91.6 cm³/mol. The molecule has 2 aliphatic heterocycles. The van der Waals surface area contributed by atoms with Crippen LogP contribution in [0.1, 0.15) is 18.4 Å². The van der Waals surface area contributed by atoms with Gasteiger partial charge in [0.25, 0.3) is 6.43 Å². The summed E-state index contributed by atoms with van der Waals surface area (Å²) in [6.07, 6.45) is -1.39. The SMILES string of the molecule is FC(F)C12CCCN1c1c(nnc(Cl)c1OCc1ccccc1)NC2. The molecular formula is C17H17ClF2N4O. The Morgan fingerprint density at radius 3 is 2.84 bits per heavy atom. The average molecular weight is 367 g/mol. The monoisotopic (exact) mass is 366 g/mol. The van der Waals surface area contributed by atoms with Gasteiger partial charge in [-0.1, -0.05) is 41.9 Å². The Morgan fingerprint density at radius 1 is 1.28 bits per heavy atom. The fourth-order valence-corrected chi connectivity index (χ4v) is 3.76. The van der Waals surface area contributed by atoms with E-state index in [0.717, 1.165) is 5.56 Å². The number of benzene rings is 1. The molecule has 0 spiro atoms. The predicted octanol–water partition coefficient (Wildman–Crippen LogP) is 3.74. The first kappa shape index (κ1) is 16.3. The second kappa shape index (κ2) is 6.29. The van der Waals surface area contributed by atoms with Crippen LogP contribution in [0, 0.1) is 0 Å². The van der Waals surface area contributed by atoms with E-state index in [4.69, 9.17) is 16.3 Å². The van der Waals surface area contributed by atoms with Gasteiger partial charge in [-0.25, -0.2) is 8.78 Å².